The number of rotatable bonds is 4. The van der Waals surface area contributed by atoms with Crippen LogP contribution in [0.3, 0.4) is 0 Å². The van der Waals surface area contributed by atoms with Crippen molar-refractivity contribution in [3.8, 4) is 17.3 Å². The Labute approximate surface area is 132 Å². The van der Waals surface area contributed by atoms with E-state index in [1.807, 2.05) is 11.6 Å². The van der Waals surface area contributed by atoms with Gasteiger partial charge in [0.25, 0.3) is 5.91 Å². The molecule has 1 amide bonds. The summed E-state index contributed by atoms with van der Waals surface area (Å²) in [5.74, 6) is 0.123. The first kappa shape index (κ1) is 14.6. The molecule has 0 aromatic carbocycles. The molecule has 0 unspecified atom stereocenters. The molecular formula is C15H14N6O2. The number of hydrogen-bond acceptors (Lipinski definition) is 6. The van der Waals surface area contributed by atoms with Crippen LogP contribution in [-0.2, 0) is 7.05 Å². The molecular weight excluding hydrogens is 296 g/mol. The minimum atomic E-state index is -0.416. The van der Waals surface area contributed by atoms with Gasteiger partial charge < -0.3 is 14.6 Å². The standard InChI is InChI=1S/C15H14N6O2/c1-21-9-16-8-12(21)11-5-6-17-14(20-11)15(22)19-10-3-4-13(23-2)18-7-10/h3-9H,1-2H3,(H,19,22). The monoisotopic (exact) mass is 310 g/mol. The summed E-state index contributed by atoms with van der Waals surface area (Å²) in [6.45, 7) is 0. The Morgan fingerprint density at radius 1 is 1.22 bits per heavy atom. The number of carbonyl (C=O) groups excluding carboxylic acids is 1. The molecule has 3 aromatic heterocycles. The van der Waals surface area contributed by atoms with Crippen molar-refractivity contribution in [1.29, 1.82) is 0 Å². The Bertz CT molecular complexity index is 828. The van der Waals surface area contributed by atoms with E-state index in [4.69, 9.17) is 4.74 Å². The first-order chi connectivity index (χ1) is 11.2. The van der Waals surface area contributed by atoms with Crippen LogP contribution in [0, 0.1) is 0 Å². The SMILES string of the molecule is COc1ccc(NC(=O)c2nccc(-c3cncn3C)n2)cn1. The molecule has 1 N–H and O–H groups in total. The maximum atomic E-state index is 12.3. The average Bonchev–Trinajstić information content (AvgIpc) is 3.02. The van der Waals surface area contributed by atoms with Gasteiger partial charge in [-0.1, -0.05) is 0 Å². The number of aryl methyl sites for hydroxylation is 1. The number of carbonyl (C=O) groups is 1. The summed E-state index contributed by atoms with van der Waals surface area (Å²) < 4.78 is 6.79. The third kappa shape index (κ3) is 3.15. The maximum absolute atomic E-state index is 12.3. The molecule has 3 heterocycles. The van der Waals surface area contributed by atoms with E-state index in [0.29, 0.717) is 17.3 Å². The Balaban J connectivity index is 1.81. The van der Waals surface area contributed by atoms with Crippen molar-refractivity contribution in [1.82, 2.24) is 24.5 Å². The molecule has 0 saturated carbocycles. The lowest BCUT2D eigenvalue weighted by Crippen LogP contribution is -2.16. The molecule has 0 aliphatic carbocycles. The van der Waals surface area contributed by atoms with E-state index >= 15 is 0 Å². The van der Waals surface area contributed by atoms with Crippen molar-refractivity contribution in [2.75, 3.05) is 12.4 Å². The summed E-state index contributed by atoms with van der Waals surface area (Å²) >= 11 is 0. The van der Waals surface area contributed by atoms with Gasteiger partial charge in [0.2, 0.25) is 11.7 Å². The number of hydrogen-bond donors (Lipinski definition) is 1. The fourth-order valence-corrected chi connectivity index (χ4v) is 1.98. The molecule has 3 aromatic rings. The summed E-state index contributed by atoms with van der Waals surface area (Å²) in [5.41, 5.74) is 1.95. The molecule has 8 nitrogen and oxygen atoms in total. The highest BCUT2D eigenvalue weighted by Crippen LogP contribution is 2.16. The zero-order valence-corrected chi connectivity index (χ0v) is 12.6. The maximum Gasteiger partial charge on any atom is 0.293 e. The molecule has 0 aliphatic rings. The number of anilines is 1. The molecule has 8 heteroatoms. The lowest BCUT2D eigenvalue weighted by molar-refractivity contribution is 0.101. The Morgan fingerprint density at radius 2 is 2.09 bits per heavy atom. The molecule has 0 radical (unpaired) electrons. The molecule has 116 valence electrons. The number of pyridine rings is 1. The normalized spacial score (nSPS) is 10.3. The summed E-state index contributed by atoms with van der Waals surface area (Å²) in [7, 11) is 3.38. The topological polar surface area (TPSA) is 94.8 Å². The van der Waals surface area contributed by atoms with Gasteiger partial charge in [0, 0.05) is 19.3 Å². The highest BCUT2D eigenvalue weighted by atomic mass is 16.5. The number of nitrogens with one attached hydrogen (secondary N) is 1. The summed E-state index contributed by atoms with van der Waals surface area (Å²) in [6.07, 6.45) is 6.38. The first-order valence-electron chi connectivity index (χ1n) is 6.78. The van der Waals surface area contributed by atoms with Gasteiger partial charge in [-0.3, -0.25) is 4.79 Å². The Morgan fingerprint density at radius 3 is 2.74 bits per heavy atom. The van der Waals surface area contributed by atoms with Crippen molar-refractivity contribution < 1.29 is 9.53 Å². The second-order valence-electron chi connectivity index (χ2n) is 4.70. The summed E-state index contributed by atoms with van der Waals surface area (Å²) in [6, 6.07) is 5.07. The highest BCUT2D eigenvalue weighted by molar-refractivity contribution is 6.01. The average molecular weight is 310 g/mol. The van der Waals surface area contributed by atoms with Gasteiger partial charge in [-0.15, -0.1) is 0 Å². The van der Waals surface area contributed by atoms with Gasteiger partial charge >= 0.3 is 0 Å². The first-order valence-corrected chi connectivity index (χ1v) is 6.78. The number of methoxy groups -OCH3 is 1. The van der Waals surface area contributed by atoms with Crippen LogP contribution >= 0.6 is 0 Å². The van der Waals surface area contributed by atoms with Crippen molar-refractivity contribution in [2.24, 2.45) is 7.05 Å². The lowest BCUT2D eigenvalue weighted by atomic mass is 10.3. The van der Waals surface area contributed by atoms with Gasteiger partial charge in [0.15, 0.2) is 0 Å². The lowest BCUT2D eigenvalue weighted by Gasteiger charge is -2.06. The van der Waals surface area contributed by atoms with Crippen LogP contribution in [0.2, 0.25) is 0 Å². The second-order valence-corrected chi connectivity index (χ2v) is 4.70. The van der Waals surface area contributed by atoms with Gasteiger partial charge in [0.1, 0.15) is 0 Å². The molecule has 0 bridgehead atoms. The quantitative estimate of drug-likeness (QED) is 0.785. The number of amides is 1. The van der Waals surface area contributed by atoms with Gasteiger partial charge in [-0.2, -0.15) is 0 Å². The third-order valence-corrected chi connectivity index (χ3v) is 3.14. The van der Waals surface area contributed by atoms with E-state index in [1.165, 1.54) is 19.5 Å². The minimum absolute atomic E-state index is 0.0690. The zero-order valence-electron chi connectivity index (χ0n) is 12.6. The highest BCUT2D eigenvalue weighted by Gasteiger charge is 2.12. The van der Waals surface area contributed by atoms with Crippen molar-refractivity contribution >= 4 is 11.6 Å². The van der Waals surface area contributed by atoms with Crippen molar-refractivity contribution in [3.63, 3.8) is 0 Å². The predicted molar refractivity (Wildman–Crippen MR) is 83.0 cm³/mol. The largest absolute Gasteiger partial charge is 0.481 e. The molecule has 0 atom stereocenters. The number of nitrogens with zero attached hydrogens (tertiary/aromatic N) is 5. The second kappa shape index (κ2) is 6.22. The third-order valence-electron chi connectivity index (χ3n) is 3.14. The van der Waals surface area contributed by atoms with Crippen LogP contribution in [0.4, 0.5) is 5.69 Å². The van der Waals surface area contributed by atoms with Crippen LogP contribution in [0.5, 0.6) is 5.88 Å². The number of ether oxygens (including phenoxy) is 1. The number of imidazole rings is 1. The van der Waals surface area contributed by atoms with Crippen molar-refractivity contribution in [3.05, 3.63) is 48.9 Å². The van der Waals surface area contributed by atoms with E-state index in [2.05, 4.69) is 25.3 Å². The summed E-state index contributed by atoms with van der Waals surface area (Å²) in [4.78, 5) is 28.6. The van der Waals surface area contributed by atoms with Gasteiger partial charge in [0.05, 0.1) is 42.9 Å². The zero-order chi connectivity index (χ0) is 16.2. The molecule has 0 saturated heterocycles. The fraction of sp³-hybridized carbons (Fsp3) is 0.133. The molecule has 0 spiro atoms. The van der Waals surface area contributed by atoms with E-state index in [1.54, 1.807) is 30.7 Å². The van der Waals surface area contributed by atoms with Crippen LogP contribution < -0.4 is 10.1 Å². The van der Waals surface area contributed by atoms with E-state index < -0.39 is 5.91 Å². The van der Waals surface area contributed by atoms with Crippen LogP contribution in [0.1, 0.15) is 10.6 Å². The predicted octanol–water partition coefficient (Wildman–Crippen LogP) is 1.53. The van der Waals surface area contributed by atoms with Crippen LogP contribution in [0.15, 0.2) is 43.1 Å². The van der Waals surface area contributed by atoms with Gasteiger partial charge in [-0.25, -0.2) is 19.9 Å². The molecule has 0 aliphatic heterocycles. The Hall–Kier alpha value is -3.29. The van der Waals surface area contributed by atoms with Gasteiger partial charge in [-0.05, 0) is 12.1 Å². The molecule has 23 heavy (non-hydrogen) atoms. The van der Waals surface area contributed by atoms with E-state index in [9.17, 15) is 4.79 Å². The minimum Gasteiger partial charge on any atom is -0.481 e. The smallest absolute Gasteiger partial charge is 0.293 e. The Kier molecular flexibility index (Phi) is 3.96. The fourth-order valence-electron chi connectivity index (χ4n) is 1.98. The molecule has 0 fully saturated rings. The number of aromatic nitrogens is 5. The molecule has 3 rings (SSSR count). The van der Waals surface area contributed by atoms with E-state index in [0.717, 1.165) is 5.69 Å². The van der Waals surface area contributed by atoms with Crippen LogP contribution in [-0.4, -0.2) is 37.5 Å². The van der Waals surface area contributed by atoms with E-state index in [-0.39, 0.29) is 5.82 Å². The van der Waals surface area contributed by atoms with Crippen molar-refractivity contribution in [2.45, 2.75) is 0 Å². The summed E-state index contributed by atoms with van der Waals surface area (Å²) in [5, 5.41) is 2.69. The van der Waals surface area contributed by atoms with Crippen LogP contribution in [0.25, 0.3) is 11.4 Å².